The fraction of sp³-hybridized carbons (Fsp3) is 0.524. The van der Waals surface area contributed by atoms with E-state index in [9.17, 15) is 28.8 Å². The van der Waals surface area contributed by atoms with E-state index in [1.165, 1.54) is 4.90 Å². The third-order valence-corrected chi connectivity index (χ3v) is 23.2. The molecule has 0 bridgehead atoms. The lowest BCUT2D eigenvalue weighted by atomic mass is 9.96. The first-order valence-corrected chi connectivity index (χ1v) is 43.2. The Bertz CT molecular complexity index is 4200. The van der Waals surface area contributed by atoms with Gasteiger partial charge in [-0.25, -0.2) is 0 Å². The summed E-state index contributed by atoms with van der Waals surface area (Å²) in [4.78, 5) is 196. The van der Waals surface area contributed by atoms with Crippen molar-refractivity contribution < 1.29 is 62.3 Å². The number of guanidine groups is 1. The van der Waals surface area contributed by atoms with Crippen LogP contribution in [0.2, 0.25) is 0 Å². The smallest absolute Gasteiger partial charge is 0.246 e. The van der Waals surface area contributed by atoms with E-state index >= 15 is 33.6 Å². The molecule has 1 aromatic heterocycles. The minimum atomic E-state index is -1.58. The standard InChI is InChI=1S/C84H121N19O13S2/c1-9-51(8)70(82(115)94-61(71(87)104)39-48(2)3)102-74(107)60(34-23-37-90-84(88)89)93-80(113)66-46-117-118-47-67(79(112)92-59(33-21-22-36-85)73(106)96-63(42-53-27-15-11-16-28-53)76(109)95-62(40-49(4)5)75(108)99-66)100-77(110)64(43-54-29-17-12-18-30-54)97-78(111)65(44-55-45-91-58-32-20-19-31-56(55)58)98-81(114)68-35-24-38-103(68)83(116)69(50(6)7)101-72(105)57(86)41-52-25-13-10-14-26-52/h10-20,25-32,45,48-51,57,59-70,91H,9,21-24,33-44,46-47,85-86H2,1-8H3,(H2,87,104)(H,92,112)(H,93,113)(H,94,115)(H,95,109)(H,96,106)(H,97,111)(H,98,114)(H,99,108)(H,100,110)(H,101,105)(H,102,107)(H4,88,89,90)/t51?,57-,59-,60-,61-,62+,63-,64-,65-,66-,67-,68-,69-,70-/m0/s1. The first-order chi connectivity index (χ1) is 56.3. The molecule has 2 saturated heterocycles. The second-order valence-corrected chi connectivity index (χ2v) is 34.1. The molecule has 2 aliphatic rings. The van der Waals surface area contributed by atoms with Crippen molar-refractivity contribution >= 4 is 115 Å². The van der Waals surface area contributed by atoms with Crippen molar-refractivity contribution in [2.45, 2.75) is 224 Å². The number of benzene rings is 4. The Morgan fingerprint density at radius 2 is 1.14 bits per heavy atom. The zero-order chi connectivity index (χ0) is 86.1. The molecule has 3 heterocycles. The number of carbonyl (C=O) groups is 13. The third-order valence-electron chi connectivity index (χ3n) is 20.8. The van der Waals surface area contributed by atoms with Crippen LogP contribution in [0.5, 0.6) is 0 Å². The molecule has 5 aromatic rings. The molecule has 0 spiro atoms. The molecule has 34 heteroatoms. The van der Waals surface area contributed by atoms with Crippen molar-refractivity contribution in [3.8, 4) is 0 Å². The van der Waals surface area contributed by atoms with Crippen molar-refractivity contribution in [2.75, 3.05) is 31.1 Å². The van der Waals surface area contributed by atoms with Crippen LogP contribution < -0.4 is 86.7 Å². The highest BCUT2D eigenvalue weighted by molar-refractivity contribution is 8.76. The number of fused-ring (bicyclic) bond motifs is 1. The Balaban J connectivity index is 1.25. The monoisotopic (exact) mass is 1670 g/mol. The fourth-order valence-corrected chi connectivity index (χ4v) is 16.4. The van der Waals surface area contributed by atoms with Crippen LogP contribution in [0.15, 0.2) is 121 Å². The van der Waals surface area contributed by atoms with Crippen LogP contribution >= 0.6 is 21.6 Å². The number of rotatable bonds is 39. The van der Waals surface area contributed by atoms with Gasteiger partial charge in [-0.2, -0.15) is 0 Å². The molecule has 22 N–H and O–H groups in total. The van der Waals surface area contributed by atoms with Crippen molar-refractivity contribution in [1.29, 1.82) is 5.41 Å². The number of unbranched alkanes of at least 4 members (excludes halogenated alkanes) is 1. The number of aromatic amines is 1. The van der Waals surface area contributed by atoms with Crippen LogP contribution in [-0.2, 0) is 88.0 Å². The number of nitrogens with two attached hydrogens (primary N) is 4. The second-order valence-electron chi connectivity index (χ2n) is 31.6. The number of H-pyrrole nitrogens is 1. The van der Waals surface area contributed by atoms with Gasteiger partial charge in [-0.15, -0.1) is 0 Å². The Morgan fingerprint density at radius 1 is 0.568 bits per heavy atom. The van der Waals surface area contributed by atoms with Gasteiger partial charge in [0, 0.05) is 61.0 Å². The van der Waals surface area contributed by atoms with Gasteiger partial charge in [0.05, 0.1) is 6.04 Å². The summed E-state index contributed by atoms with van der Waals surface area (Å²) in [6.07, 6.45) is 3.47. The van der Waals surface area contributed by atoms with Crippen molar-refractivity contribution in [1.82, 2.24) is 73.7 Å². The van der Waals surface area contributed by atoms with E-state index in [1.807, 2.05) is 82.3 Å². The molecule has 0 aliphatic carbocycles. The number of aromatic nitrogens is 1. The van der Waals surface area contributed by atoms with Gasteiger partial charge in [0.15, 0.2) is 5.96 Å². The number of hydrogen-bond acceptors (Lipinski definition) is 18. The zero-order valence-corrected chi connectivity index (χ0v) is 70.3. The minimum absolute atomic E-state index is 0.000247. The topological polar surface area (TPSA) is 513 Å². The number of hydrogen-bond donors (Lipinski definition) is 18. The molecule has 1 unspecified atom stereocenters. The molecular formula is C84H121N19O13S2. The Morgan fingerprint density at radius 3 is 1.76 bits per heavy atom. The maximum Gasteiger partial charge on any atom is 0.246 e. The molecule has 0 saturated carbocycles. The normalized spacial score (nSPS) is 19.7. The minimum Gasteiger partial charge on any atom is -0.370 e. The van der Waals surface area contributed by atoms with Crippen molar-refractivity contribution in [3.63, 3.8) is 0 Å². The van der Waals surface area contributed by atoms with Crippen LogP contribution in [0.1, 0.15) is 142 Å². The van der Waals surface area contributed by atoms with Crippen molar-refractivity contribution in [3.05, 3.63) is 144 Å². The molecule has 2 fully saturated rings. The van der Waals surface area contributed by atoms with E-state index < -0.39 is 167 Å². The summed E-state index contributed by atoms with van der Waals surface area (Å²) in [6, 6.07) is 16.9. The molecule has 118 heavy (non-hydrogen) atoms. The maximum atomic E-state index is 15.6. The number of carbonyl (C=O) groups excluding carboxylic acids is 13. The van der Waals surface area contributed by atoms with E-state index in [2.05, 4.69) is 68.8 Å². The summed E-state index contributed by atoms with van der Waals surface area (Å²) in [5, 5.41) is 42.3. The largest absolute Gasteiger partial charge is 0.370 e. The highest BCUT2D eigenvalue weighted by Gasteiger charge is 2.43. The van der Waals surface area contributed by atoms with Crippen LogP contribution in [0, 0.1) is 29.1 Å². The highest BCUT2D eigenvalue weighted by atomic mass is 33.1. The van der Waals surface area contributed by atoms with Gasteiger partial charge in [-0.05, 0) is 123 Å². The molecule has 13 amide bonds. The van der Waals surface area contributed by atoms with Crippen LogP contribution in [0.4, 0.5) is 0 Å². The predicted molar refractivity (Wildman–Crippen MR) is 456 cm³/mol. The van der Waals surface area contributed by atoms with E-state index in [4.69, 9.17) is 28.3 Å². The number of nitrogens with zero attached hydrogens (tertiary/aromatic N) is 1. The van der Waals surface area contributed by atoms with Crippen LogP contribution in [0.3, 0.4) is 0 Å². The Hall–Kier alpha value is -10.6. The molecule has 14 atom stereocenters. The maximum absolute atomic E-state index is 15.6. The number of amides is 13. The highest BCUT2D eigenvalue weighted by Crippen LogP contribution is 2.27. The molecule has 0 radical (unpaired) electrons. The lowest BCUT2D eigenvalue weighted by Crippen LogP contribution is -2.61. The predicted octanol–water partition coefficient (Wildman–Crippen LogP) is 2.16. The van der Waals surface area contributed by atoms with Gasteiger partial charge in [-0.1, -0.05) is 193 Å². The number of para-hydroxylation sites is 1. The average molecular weight is 1670 g/mol. The quantitative estimate of drug-likeness (QED) is 0.0116. The number of likely N-dealkylation sites (tertiary alicyclic amines) is 1. The number of primary amides is 1. The molecule has 4 aromatic carbocycles. The van der Waals surface area contributed by atoms with Gasteiger partial charge in [-0.3, -0.25) is 67.7 Å². The van der Waals surface area contributed by atoms with Gasteiger partial charge in [0.2, 0.25) is 76.8 Å². The van der Waals surface area contributed by atoms with Crippen molar-refractivity contribution in [2.24, 2.45) is 46.6 Å². The molecule has 7 rings (SSSR count). The first-order valence-electron chi connectivity index (χ1n) is 40.7. The fourth-order valence-electron chi connectivity index (χ4n) is 14.0. The molecule has 32 nitrogen and oxygen atoms in total. The van der Waals surface area contributed by atoms with E-state index in [-0.39, 0.29) is 113 Å². The molecule has 2 aliphatic heterocycles. The summed E-state index contributed by atoms with van der Waals surface area (Å²) in [5.41, 5.74) is 27.1. The summed E-state index contributed by atoms with van der Waals surface area (Å²) in [7, 11) is 1.95. The zero-order valence-electron chi connectivity index (χ0n) is 68.7. The van der Waals surface area contributed by atoms with Gasteiger partial charge >= 0.3 is 0 Å². The molecule has 642 valence electrons. The summed E-state index contributed by atoms with van der Waals surface area (Å²) >= 11 is 0. The Kier molecular flexibility index (Phi) is 38.2. The Labute approximate surface area is 698 Å². The lowest BCUT2D eigenvalue weighted by molar-refractivity contribution is -0.143. The SMILES string of the molecule is CCC(C)[C@H](NC(=O)[C@H](CCCNC(=N)N)NC(=O)[C@@H]1CSSC[C@H](NC(=O)[C@H](Cc2ccccc2)NC(=O)[C@H](Cc2c[nH]c3ccccc23)NC(=O)[C@@H]2CCCN2C(=O)[C@@H](NC(=O)[C@@H](N)Cc2ccccc2)C(C)C)C(=O)N[C@@H](CCCCN)C(=O)N[C@@H](Cc2ccccc2)C(=O)N[C@H](CC(C)C)C(=O)N1)C(=O)N[C@@H](CC(C)C)C(N)=O. The lowest BCUT2D eigenvalue weighted by Gasteiger charge is -2.32. The van der Waals surface area contributed by atoms with E-state index in [0.29, 0.717) is 42.4 Å². The number of nitrogens with one attached hydrogen (secondary N) is 14. The third kappa shape index (κ3) is 29.8. The molecular weight excluding hydrogens is 1550 g/mol. The van der Waals surface area contributed by atoms with Gasteiger partial charge in [0.1, 0.15) is 72.5 Å². The average Bonchev–Trinajstić information content (AvgIpc) is 1.64. The summed E-state index contributed by atoms with van der Waals surface area (Å²) < 4.78 is 0. The first kappa shape index (κ1) is 94.6. The summed E-state index contributed by atoms with van der Waals surface area (Å²) in [5.74, 6) is -12.2. The van der Waals surface area contributed by atoms with Gasteiger partial charge in [0.25, 0.3) is 0 Å². The van der Waals surface area contributed by atoms with E-state index in [1.54, 1.807) is 94.6 Å². The van der Waals surface area contributed by atoms with Gasteiger partial charge < -0.3 is 96.6 Å². The summed E-state index contributed by atoms with van der Waals surface area (Å²) in [6.45, 7) is 14.8. The second kappa shape index (κ2) is 47.7. The van der Waals surface area contributed by atoms with E-state index in [0.717, 1.165) is 38.1 Å². The van der Waals surface area contributed by atoms with Crippen LogP contribution in [0.25, 0.3) is 10.9 Å². The van der Waals surface area contributed by atoms with Crippen LogP contribution in [-0.4, -0.2) is 202 Å².